The van der Waals surface area contributed by atoms with E-state index in [1.807, 2.05) is 7.05 Å². The topological polar surface area (TPSA) is 64.0 Å². The van der Waals surface area contributed by atoms with Crippen molar-refractivity contribution in [2.75, 3.05) is 4.72 Å². The van der Waals surface area contributed by atoms with E-state index in [-0.39, 0.29) is 0 Å². The SMILES string of the molecule is Cn1ccnc1Sc1ccccc1NS(=O)(=O)c1cc(F)cc(F)c1. The number of anilines is 1. The van der Waals surface area contributed by atoms with E-state index in [0.29, 0.717) is 21.8 Å². The fourth-order valence-corrected chi connectivity index (χ4v) is 4.15. The van der Waals surface area contributed by atoms with Crippen LogP contribution in [-0.2, 0) is 17.1 Å². The molecule has 0 aliphatic heterocycles. The molecule has 5 nitrogen and oxygen atoms in total. The van der Waals surface area contributed by atoms with Gasteiger partial charge in [-0.1, -0.05) is 12.1 Å². The monoisotopic (exact) mass is 381 g/mol. The third kappa shape index (κ3) is 3.99. The Balaban J connectivity index is 1.93. The number of benzene rings is 2. The van der Waals surface area contributed by atoms with Crippen LogP contribution in [0.2, 0.25) is 0 Å². The molecule has 0 saturated heterocycles. The van der Waals surface area contributed by atoms with Gasteiger partial charge in [0.05, 0.1) is 10.6 Å². The van der Waals surface area contributed by atoms with Crippen LogP contribution in [0.15, 0.2) is 69.8 Å². The Bertz CT molecular complexity index is 999. The third-order valence-corrected chi connectivity index (χ3v) is 5.75. The molecule has 2 aromatic carbocycles. The van der Waals surface area contributed by atoms with Crippen molar-refractivity contribution in [3.63, 3.8) is 0 Å². The molecule has 0 atom stereocenters. The smallest absolute Gasteiger partial charge is 0.262 e. The van der Waals surface area contributed by atoms with E-state index in [0.717, 1.165) is 12.1 Å². The highest BCUT2D eigenvalue weighted by molar-refractivity contribution is 7.99. The molecule has 0 saturated carbocycles. The molecule has 0 radical (unpaired) electrons. The van der Waals surface area contributed by atoms with Crippen LogP contribution in [0, 0.1) is 11.6 Å². The Labute approximate surface area is 147 Å². The van der Waals surface area contributed by atoms with Crippen molar-refractivity contribution in [3.8, 4) is 0 Å². The molecule has 25 heavy (non-hydrogen) atoms. The molecule has 130 valence electrons. The van der Waals surface area contributed by atoms with Gasteiger partial charge in [-0.15, -0.1) is 0 Å². The fourth-order valence-electron chi connectivity index (χ4n) is 2.08. The molecule has 3 aromatic rings. The number of para-hydroxylation sites is 1. The van der Waals surface area contributed by atoms with Crippen LogP contribution in [0.4, 0.5) is 14.5 Å². The average Bonchev–Trinajstić information content (AvgIpc) is 2.93. The summed E-state index contributed by atoms with van der Waals surface area (Å²) in [5.74, 6) is -1.92. The molecule has 0 aliphatic carbocycles. The minimum atomic E-state index is -4.14. The number of hydrogen-bond acceptors (Lipinski definition) is 4. The Morgan fingerprint density at radius 1 is 1.12 bits per heavy atom. The molecule has 0 amide bonds. The number of aryl methyl sites for hydroxylation is 1. The number of hydrogen-bond donors (Lipinski definition) is 1. The summed E-state index contributed by atoms with van der Waals surface area (Å²) in [7, 11) is -2.32. The van der Waals surface area contributed by atoms with Crippen molar-refractivity contribution < 1.29 is 17.2 Å². The average molecular weight is 381 g/mol. The van der Waals surface area contributed by atoms with Crippen LogP contribution in [0.5, 0.6) is 0 Å². The first-order chi connectivity index (χ1) is 11.8. The second kappa shape index (κ2) is 6.85. The molecule has 1 N–H and O–H groups in total. The van der Waals surface area contributed by atoms with E-state index < -0.39 is 26.6 Å². The fraction of sp³-hybridized carbons (Fsp3) is 0.0625. The number of imidazole rings is 1. The van der Waals surface area contributed by atoms with Gasteiger partial charge in [0.25, 0.3) is 10.0 Å². The van der Waals surface area contributed by atoms with Gasteiger partial charge in [-0.3, -0.25) is 4.72 Å². The zero-order chi connectivity index (χ0) is 18.0. The molecular weight excluding hydrogens is 368 g/mol. The Morgan fingerprint density at radius 3 is 2.44 bits per heavy atom. The van der Waals surface area contributed by atoms with Gasteiger partial charge in [0.1, 0.15) is 11.6 Å². The van der Waals surface area contributed by atoms with E-state index >= 15 is 0 Å². The first kappa shape index (κ1) is 17.4. The molecule has 1 aromatic heterocycles. The minimum Gasteiger partial charge on any atom is -0.329 e. The molecule has 0 aliphatic rings. The summed E-state index contributed by atoms with van der Waals surface area (Å²) in [4.78, 5) is 4.30. The Kier molecular flexibility index (Phi) is 4.78. The maximum absolute atomic E-state index is 13.3. The lowest BCUT2D eigenvalue weighted by Crippen LogP contribution is -2.14. The molecule has 0 bridgehead atoms. The van der Waals surface area contributed by atoms with Gasteiger partial charge in [-0.2, -0.15) is 0 Å². The lowest BCUT2D eigenvalue weighted by atomic mass is 10.3. The second-order valence-electron chi connectivity index (χ2n) is 5.13. The minimum absolute atomic E-state index is 0.292. The number of halogens is 2. The van der Waals surface area contributed by atoms with Crippen LogP contribution in [0.25, 0.3) is 0 Å². The van der Waals surface area contributed by atoms with Gasteiger partial charge < -0.3 is 4.57 Å². The van der Waals surface area contributed by atoms with Crippen molar-refractivity contribution in [1.29, 1.82) is 0 Å². The molecule has 0 fully saturated rings. The molecule has 1 heterocycles. The van der Waals surface area contributed by atoms with Crippen LogP contribution >= 0.6 is 11.8 Å². The lowest BCUT2D eigenvalue weighted by Gasteiger charge is -2.12. The molecule has 9 heteroatoms. The highest BCUT2D eigenvalue weighted by atomic mass is 32.2. The summed E-state index contributed by atoms with van der Waals surface area (Å²) in [6.45, 7) is 0. The number of sulfonamides is 1. The predicted molar refractivity (Wildman–Crippen MR) is 90.9 cm³/mol. The Morgan fingerprint density at radius 2 is 1.80 bits per heavy atom. The molecule has 3 rings (SSSR count). The summed E-state index contributed by atoms with van der Waals surface area (Å²) in [5, 5.41) is 0.670. The summed E-state index contributed by atoms with van der Waals surface area (Å²) in [6.07, 6.45) is 3.40. The zero-order valence-corrected chi connectivity index (χ0v) is 14.6. The van der Waals surface area contributed by atoms with Crippen molar-refractivity contribution in [3.05, 3.63) is 66.5 Å². The Hall–Kier alpha value is -2.39. The van der Waals surface area contributed by atoms with Gasteiger partial charge in [-0.25, -0.2) is 22.2 Å². The zero-order valence-electron chi connectivity index (χ0n) is 13.0. The van der Waals surface area contributed by atoms with Gasteiger partial charge >= 0.3 is 0 Å². The lowest BCUT2D eigenvalue weighted by molar-refractivity contribution is 0.568. The van der Waals surface area contributed by atoms with Gasteiger partial charge in [0, 0.05) is 30.4 Å². The summed E-state index contributed by atoms with van der Waals surface area (Å²) in [5.41, 5.74) is 0.292. The molecule has 0 unspecified atom stereocenters. The highest BCUT2D eigenvalue weighted by Gasteiger charge is 2.19. The largest absolute Gasteiger partial charge is 0.329 e. The van der Waals surface area contributed by atoms with E-state index in [4.69, 9.17) is 0 Å². The van der Waals surface area contributed by atoms with Crippen molar-refractivity contribution in [2.45, 2.75) is 14.9 Å². The first-order valence-corrected chi connectivity index (χ1v) is 9.38. The molecular formula is C16H13F2N3O2S2. The van der Waals surface area contributed by atoms with Gasteiger partial charge in [0.2, 0.25) is 0 Å². The van der Waals surface area contributed by atoms with Crippen LogP contribution in [-0.4, -0.2) is 18.0 Å². The second-order valence-corrected chi connectivity index (χ2v) is 7.82. The van der Waals surface area contributed by atoms with E-state index in [2.05, 4.69) is 9.71 Å². The maximum Gasteiger partial charge on any atom is 0.262 e. The van der Waals surface area contributed by atoms with Crippen molar-refractivity contribution in [1.82, 2.24) is 9.55 Å². The van der Waals surface area contributed by atoms with Crippen LogP contribution in [0.3, 0.4) is 0 Å². The normalized spacial score (nSPS) is 11.5. The third-order valence-electron chi connectivity index (χ3n) is 3.26. The summed E-state index contributed by atoms with van der Waals surface area (Å²) in [6, 6.07) is 8.85. The van der Waals surface area contributed by atoms with Crippen LogP contribution in [0.1, 0.15) is 0 Å². The molecule has 0 spiro atoms. The number of aromatic nitrogens is 2. The van der Waals surface area contributed by atoms with E-state index in [9.17, 15) is 17.2 Å². The van der Waals surface area contributed by atoms with Crippen molar-refractivity contribution in [2.24, 2.45) is 7.05 Å². The van der Waals surface area contributed by atoms with Crippen molar-refractivity contribution >= 4 is 27.5 Å². The predicted octanol–water partition coefficient (Wildman–Crippen LogP) is 3.65. The first-order valence-electron chi connectivity index (χ1n) is 7.08. The maximum atomic E-state index is 13.3. The van der Waals surface area contributed by atoms with E-state index in [1.165, 1.54) is 11.8 Å². The number of rotatable bonds is 5. The summed E-state index contributed by atoms with van der Waals surface area (Å²) >= 11 is 1.27. The van der Waals surface area contributed by atoms with E-state index in [1.54, 1.807) is 41.2 Å². The van der Waals surface area contributed by atoms with Gasteiger partial charge in [0.15, 0.2) is 5.16 Å². The summed E-state index contributed by atoms with van der Waals surface area (Å²) < 4.78 is 55.7. The highest BCUT2D eigenvalue weighted by Crippen LogP contribution is 2.33. The van der Waals surface area contributed by atoms with Gasteiger partial charge in [-0.05, 0) is 36.0 Å². The quantitative estimate of drug-likeness (QED) is 0.733. The number of nitrogens with one attached hydrogen (secondary N) is 1. The standard InChI is InChI=1S/C16H13F2N3O2S2/c1-21-7-6-19-16(21)24-15-5-3-2-4-14(15)20-25(22,23)13-9-11(17)8-12(18)10-13/h2-10,20H,1H3. The van der Waals surface area contributed by atoms with Crippen LogP contribution < -0.4 is 4.72 Å². The number of nitrogens with zero attached hydrogens (tertiary/aromatic N) is 2.